The average molecular weight is 198 g/mol. The number of amides is 1. The molecule has 3 heteroatoms. The van der Waals surface area contributed by atoms with Gasteiger partial charge in [-0.15, -0.1) is 0 Å². The molecule has 1 saturated carbocycles. The van der Waals surface area contributed by atoms with E-state index in [0.29, 0.717) is 0 Å². The molecule has 0 aromatic rings. The maximum atomic E-state index is 11.8. The van der Waals surface area contributed by atoms with Gasteiger partial charge in [-0.3, -0.25) is 4.79 Å². The maximum Gasteiger partial charge on any atom is 0.224 e. The summed E-state index contributed by atoms with van der Waals surface area (Å²) in [4.78, 5) is 11.8. The summed E-state index contributed by atoms with van der Waals surface area (Å²) in [7, 11) is 0. The topological polar surface area (TPSA) is 55.1 Å². The number of nitrogens with two attached hydrogens (primary N) is 1. The number of carbonyl (C=O) groups is 1. The Morgan fingerprint density at radius 1 is 1.57 bits per heavy atom. The monoisotopic (exact) mass is 198 g/mol. The quantitative estimate of drug-likeness (QED) is 0.717. The van der Waals surface area contributed by atoms with Crippen molar-refractivity contribution in [3.63, 3.8) is 0 Å². The third-order valence-corrected chi connectivity index (χ3v) is 3.41. The van der Waals surface area contributed by atoms with E-state index in [1.54, 1.807) is 0 Å². The predicted octanol–water partition coefficient (Wildman–Crippen LogP) is 1.27. The minimum absolute atomic E-state index is 0.0340. The molecule has 1 amide bonds. The van der Waals surface area contributed by atoms with Gasteiger partial charge in [0.25, 0.3) is 0 Å². The second kappa shape index (κ2) is 3.23. The van der Waals surface area contributed by atoms with Gasteiger partial charge in [0.15, 0.2) is 0 Å². The van der Waals surface area contributed by atoms with E-state index in [4.69, 9.17) is 5.73 Å². The van der Waals surface area contributed by atoms with Crippen molar-refractivity contribution in [1.29, 1.82) is 0 Å². The van der Waals surface area contributed by atoms with E-state index in [9.17, 15) is 4.79 Å². The Morgan fingerprint density at radius 2 is 2.00 bits per heavy atom. The number of rotatable bonds is 3. The summed E-state index contributed by atoms with van der Waals surface area (Å²) >= 11 is 0. The van der Waals surface area contributed by atoms with E-state index in [2.05, 4.69) is 19.2 Å². The lowest BCUT2D eigenvalue weighted by atomic mass is 9.96. The Morgan fingerprint density at radius 3 is 2.29 bits per heavy atom. The lowest BCUT2D eigenvalue weighted by molar-refractivity contribution is -0.124. The van der Waals surface area contributed by atoms with Crippen LogP contribution in [0.2, 0.25) is 0 Å². The van der Waals surface area contributed by atoms with Crippen LogP contribution in [0.1, 0.15) is 41.0 Å². The zero-order chi connectivity index (χ0) is 11.1. The van der Waals surface area contributed by atoms with Crippen LogP contribution in [0.15, 0.2) is 0 Å². The minimum atomic E-state index is -0.310. The Labute approximate surface area is 86.4 Å². The Bertz CT molecular complexity index is 244. The van der Waals surface area contributed by atoms with Crippen LogP contribution in [-0.4, -0.2) is 17.5 Å². The van der Waals surface area contributed by atoms with Crippen LogP contribution in [0.25, 0.3) is 0 Å². The second-order valence-electron chi connectivity index (χ2n) is 5.74. The first-order valence-electron chi connectivity index (χ1n) is 5.24. The summed E-state index contributed by atoms with van der Waals surface area (Å²) in [6.07, 6.45) is 0.994. The summed E-state index contributed by atoms with van der Waals surface area (Å²) in [5.74, 6) is 0.331. The Balaban J connectivity index is 2.50. The van der Waals surface area contributed by atoms with E-state index in [1.165, 1.54) is 0 Å². The third-order valence-electron chi connectivity index (χ3n) is 3.41. The van der Waals surface area contributed by atoms with Gasteiger partial charge in [0.05, 0.1) is 0 Å². The molecule has 1 fully saturated rings. The van der Waals surface area contributed by atoms with Crippen molar-refractivity contribution in [3.8, 4) is 0 Å². The van der Waals surface area contributed by atoms with Crippen molar-refractivity contribution in [3.05, 3.63) is 0 Å². The van der Waals surface area contributed by atoms with Gasteiger partial charge >= 0.3 is 0 Å². The van der Waals surface area contributed by atoms with Gasteiger partial charge in [0.1, 0.15) is 0 Å². The molecule has 82 valence electrons. The molecular formula is C11H22N2O. The SMILES string of the molecule is CC(N)C(C)(C)NC(=O)C1CC1(C)C. The van der Waals surface area contributed by atoms with Gasteiger partial charge in [-0.25, -0.2) is 0 Å². The largest absolute Gasteiger partial charge is 0.349 e. The first-order valence-corrected chi connectivity index (χ1v) is 5.24. The van der Waals surface area contributed by atoms with E-state index in [-0.39, 0.29) is 28.8 Å². The highest BCUT2D eigenvalue weighted by atomic mass is 16.2. The second-order valence-corrected chi connectivity index (χ2v) is 5.74. The summed E-state index contributed by atoms with van der Waals surface area (Å²) in [5, 5.41) is 3.01. The van der Waals surface area contributed by atoms with Crippen molar-refractivity contribution < 1.29 is 4.79 Å². The number of nitrogens with one attached hydrogen (secondary N) is 1. The molecule has 0 saturated heterocycles. The van der Waals surface area contributed by atoms with E-state index >= 15 is 0 Å². The summed E-state index contributed by atoms with van der Waals surface area (Å²) < 4.78 is 0. The van der Waals surface area contributed by atoms with E-state index < -0.39 is 0 Å². The standard InChI is InChI=1S/C11H22N2O/c1-7(12)11(4,5)13-9(14)8-6-10(8,2)3/h7-8H,6,12H2,1-5H3,(H,13,14). The van der Waals surface area contributed by atoms with Crippen LogP contribution in [-0.2, 0) is 4.79 Å². The summed E-state index contributed by atoms with van der Waals surface area (Å²) in [6, 6.07) is -0.0340. The van der Waals surface area contributed by atoms with E-state index in [0.717, 1.165) is 6.42 Å². The molecule has 0 radical (unpaired) electrons. The summed E-state index contributed by atoms with van der Waals surface area (Å²) in [5.41, 5.74) is 5.67. The number of hydrogen-bond acceptors (Lipinski definition) is 2. The lowest BCUT2D eigenvalue weighted by Crippen LogP contribution is -2.55. The molecular weight excluding hydrogens is 176 g/mol. The molecule has 0 aromatic heterocycles. The number of hydrogen-bond donors (Lipinski definition) is 2. The fourth-order valence-electron chi connectivity index (χ4n) is 1.43. The molecule has 1 aliphatic rings. The Kier molecular flexibility index (Phi) is 2.65. The molecule has 0 spiro atoms. The third kappa shape index (κ3) is 2.27. The molecule has 1 rings (SSSR count). The molecule has 0 aromatic carbocycles. The van der Waals surface area contributed by atoms with Crippen LogP contribution >= 0.6 is 0 Å². The fourth-order valence-corrected chi connectivity index (χ4v) is 1.43. The molecule has 0 bridgehead atoms. The molecule has 3 N–H and O–H groups in total. The first-order chi connectivity index (χ1) is 6.17. The van der Waals surface area contributed by atoms with E-state index in [1.807, 2.05) is 20.8 Å². The van der Waals surface area contributed by atoms with Crippen LogP contribution in [0, 0.1) is 11.3 Å². The molecule has 1 aliphatic carbocycles. The molecule has 3 nitrogen and oxygen atoms in total. The highest BCUT2D eigenvalue weighted by Gasteiger charge is 2.51. The predicted molar refractivity (Wildman–Crippen MR) is 57.8 cm³/mol. The molecule has 2 unspecified atom stereocenters. The van der Waals surface area contributed by atoms with Gasteiger partial charge in [0.2, 0.25) is 5.91 Å². The molecule has 0 heterocycles. The minimum Gasteiger partial charge on any atom is -0.349 e. The molecule has 2 atom stereocenters. The zero-order valence-electron chi connectivity index (χ0n) is 9.85. The highest BCUT2D eigenvalue weighted by Crippen LogP contribution is 2.51. The first kappa shape index (κ1) is 11.5. The molecule has 0 aliphatic heterocycles. The van der Waals surface area contributed by atoms with Crippen LogP contribution in [0.4, 0.5) is 0 Å². The van der Waals surface area contributed by atoms with Gasteiger partial charge in [0, 0.05) is 17.5 Å². The Hall–Kier alpha value is -0.570. The lowest BCUT2D eigenvalue weighted by Gasteiger charge is -2.30. The van der Waals surface area contributed by atoms with Crippen LogP contribution in [0.3, 0.4) is 0 Å². The maximum absolute atomic E-state index is 11.8. The molecule has 14 heavy (non-hydrogen) atoms. The van der Waals surface area contributed by atoms with Crippen molar-refractivity contribution in [2.75, 3.05) is 0 Å². The van der Waals surface area contributed by atoms with Gasteiger partial charge in [-0.2, -0.15) is 0 Å². The highest BCUT2D eigenvalue weighted by molar-refractivity contribution is 5.83. The van der Waals surface area contributed by atoms with Gasteiger partial charge < -0.3 is 11.1 Å². The van der Waals surface area contributed by atoms with Crippen molar-refractivity contribution in [2.45, 2.75) is 52.6 Å². The summed E-state index contributed by atoms with van der Waals surface area (Å²) in [6.45, 7) is 10.1. The van der Waals surface area contributed by atoms with Crippen molar-refractivity contribution >= 4 is 5.91 Å². The number of carbonyl (C=O) groups excluding carboxylic acids is 1. The van der Waals surface area contributed by atoms with Crippen molar-refractivity contribution in [1.82, 2.24) is 5.32 Å². The smallest absolute Gasteiger partial charge is 0.224 e. The average Bonchev–Trinajstić information content (AvgIpc) is 2.58. The normalized spacial score (nSPS) is 26.9. The van der Waals surface area contributed by atoms with Gasteiger partial charge in [-0.05, 0) is 32.6 Å². The zero-order valence-corrected chi connectivity index (χ0v) is 9.85. The van der Waals surface area contributed by atoms with Crippen molar-refractivity contribution in [2.24, 2.45) is 17.1 Å². The fraction of sp³-hybridized carbons (Fsp3) is 0.909. The van der Waals surface area contributed by atoms with Crippen LogP contribution < -0.4 is 11.1 Å². The van der Waals surface area contributed by atoms with Crippen LogP contribution in [0.5, 0.6) is 0 Å². The van der Waals surface area contributed by atoms with Gasteiger partial charge in [-0.1, -0.05) is 13.8 Å².